The van der Waals surface area contributed by atoms with Crippen molar-refractivity contribution in [3.63, 3.8) is 0 Å². The molecule has 0 aliphatic heterocycles. The summed E-state index contributed by atoms with van der Waals surface area (Å²) >= 11 is 12.4. The molecule has 0 radical (unpaired) electrons. The molecule has 6 nitrogen and oxygen atoms in total. The normalized spacial score (nSPS) is 11.6. The standard InChI is InChI=1S/C17H16Cl2N4O2/c1-17(2,3)25-16(24)22(12-7-5-4-6-11(12)18)15-10-13(19)21-14-8-9-20-23(14)15/h4-10H,1-3H3. The average molecular weight is 379 g/mol. The van der Waals surface area contributed by atoms with Gasteiger partial charge in [0.2, 0.25) is 0 Å². The third-order valence-corrected chi connectivity index (χ3v) is 3.72. The number of rotatable bonds is 2. The summed E-state index contributed by atoms with van der Waals surface area (Å²) in [6.45, 7) is 5.37. The van der Waals surface area contributed by atoms with E-state index in [1.54, 1.807) is 57.3 Å². The molecule has 0 saturated carbocycles. The van der Waals surface area contributed by atoms with Gasteiger partial charge in [0.25, 0.3) is 0 Å². The van der Waals surface area contributed by atoms with Crippen molar-refractivity contribution in [3.05, 3.63) is 52.8 Å². The Balaban J connectivity index is 2.22. The minimum atomic E-state index is -0.684. The van der Waals surface area contributed by atoms with E-state index in [0.29, 0.717) is 22.2 Å². The van der Waals surface area contributed by atoms with Crippen LogP contribution in [0.5, 0.6) is 0 Å². The number of hydrogen-bond acceptors (Lipinski definition) is 4. The first-order valence-corrected chi connectivity index (χ1v) is 8.30. The molecule has 0 bridgehead atoms. The summed E-state index contributed by atoms with van der Waals surface area (Å²) in [4.78, 5) is 18.4. The van der Waals surface area contributed by atoms with Gasteiger partial charge < -0.3 is 4.74 Å². The number of amides is 1. The predicted octanol–water partition coefficient (Wildman–Crippen LogP) is 5.11. The highest BCUT2D eigenvalue weighted by Crippen LogP contribution is 2.34. The van der Waals surface area contributed by atoms with Gasteiger partial charge in [-0.05, 0) is 32.9 Å². The summed E-state index contributed by atoms with van der Waals surface area (Å²) in [5, 5.41) is 4.83. The highest BCUT2D eigenvalue weighted by atomic mass is 35.5. The lowest BCUT2D eigenvalue weighted by Crippen LogP contribution is -2.35. The van der Waals surface area contributed by atoms with Crippen molar-refractivity contribution in [2.45, 2.75) is 26.4 Å². The van der Waals surface area contributed by atoms with E-state index in [1.807, 2.05) is 0 Å². The van der Waals surface area contributed by atoms with Crippen molar-refractivity contribution in [1.29, 1.82) is 0 Å². The van der Waals surface area contributed by atoms with E-state index in [1.165, 1.54) is 15.5 Å². The van der Waals surface area contributed by atoms with E-state index in [4.69, 9.17) is 27.9 Å². The highest BCUT2D eigenvalue weighted by Gasteiger charge is 2.28. The third kappa shape index (κ3) is 3.70. The van der Waals surface area contributed by atoms with Crippen molar-refractivity contribution in [2.24, 2.45) is 0 Å². The Morgan fingerprint density at radius 3 is 2.60 bits per heavy atom. The summed E-state index contributed by atoms with van der Waals surface area (Å²) in [5.74, 6) is 0.377. The zero-order valence-electron chi connectivity index (χ0n) is 13.9. The second-order valence-corrected chi connectivity index (χ2v) is 7.10. The van der Waals surface area contributed by atoms with Crippen LogP contribution in [0.25, 0.3) is 5.65 Å². The van der Waals surface area contributed by atoms with Crippen LogP contribution in [0.2, 0.25) is 10.2 Å². The molecule has 25 heavy (non-hydrogen) atoms. The van der Waals surface area contributed by atoms with E-state index >= 15 is 0 Å². The summed E-state index contributed by atoms with van der Waals surface area (Å²) in [6.07, 6.45) is 0.974. The molecule has 2 aromatic heterocycles. The number of carbonyl (C=O) groups is 1. The molecule has 3 aromatic rings. The molecule has 130 valence electrons. The Labute approximate surface area is 154 Å². The van der Waals surface area contributed by atoms with Crippen LogP contribution < -0.4 is 4.90 Å². The van der Waals surface area contributed by atoms with Crippen LogP contribution in [-0.4, -0.2) is 26.3 Å². The van der Waals surface area contributed by atoms with Gasteiger partial charge in [-0.1, -0.05) is 35.3 Å². The highest BCUT2D eigenvalue weighted by molar-refractivity contribution is 6.34. The van der Waals surface area contributed by atoms with Gasteiger partial charge in [-0.15, -0.1) is 0 Å². The summed E-state index contributed by atoms with van der Waals surface area (Å²) in [5.41, 5.74) is 0.275. The van der Waals surface area contributed by atoms with Crippen LogP contribution in [-0.2, 0) is 4.74 Å². The fraction of sp³-hybridized carbons (Fsp3) is 0.235. The molecule has 0 unspecified atom stereocenters. The molecule has 0 spiro atoms. The summed E-state index contributed by atoms with van der Waals surface area (Å²) in [7, 11) is 0. The van der Waals surface area contributed by atoms with Gasteiger partial charge in [-0.25, -0.2) is 14.7 Å². The Morgan fingerprint density at radius 2 is 1.92 bits per heavy atom. The first-order chi connectivity index (χ1) is 11.8. The van der Waals surface area contributed by atoms with Crippen molar-refractivity contribution < 1.29 is 9.53 Å². The average Bonchev–Trinajstić information content (AvgIpc) is 2.95. The zero-order chi connectivity index (χ0) is 18.2. The molecule has 0 N–H and O–H groups in total. The third-order valence-electron chi connectivity index (χ3n) is 3.21. The van der Waals surface area contributed by atoms with Gasteiger partial charge in [0.1, 0.15) is 16.6 Å². The van der Waals surface area contributed by atoms with Crippen LogP contribution in [0.3, 0.4) is 0 Å². The lowest BCUT2D eigenvalue weighted by Gasteiger charge is -2.28. The first kappa shape index (κ1) is 17.5. The lowest BCUT2D eigenvalue weighted by molar-refractivity contribution is 0.0597. The largest absolute Gasteiger partial charge is 0.443 e. The van der Waals surface area contributed by atoms with E-state index in [2.05, 4.69) is 10.1 Å². The molecule has 1 amide bonds. The Bertz CT molecular complexity index is 934. The molecule has 0 aliphatic carbocycles. The molecule has 3 rings (SSSR count). The van der Waals surface area contributed by atoms with Gasteiger partial charge >= 0.3 is 6.09 Å². The second-order valence-electron chi connectivity index (χ2n) is 6.31. The minimum Gasteiger partial charge on any atom is -0.443 e. The number of anilines is 2. The summed E-state index contributed by atoms with van der Waals surface area (Å²) in [6, 6.07) is 10.2. The smallest absolute Gasteiger partial charge is 0.420 e. The van der Waals surface area contributed by atoms with Crippen LogP contribution >= 0.6 is 23.2 Å². The van der Waals surface area contributed by atoms with E-state index in [-0.39, 0.29) is 5.15 Å². The van der Waals surface area contributed by atoms with Crippen LogP contribution in [0.4, 0.5) is 16.3 Å². The maximum absolute atomic E-state index is 12.9. The minimum absolute atomic E-state index is 0.226. The number of hydrogen-bond donors (Lipinski definition) is 0. The predicted molar refractivity (Wildman–Crippen MR) is 97.8 cm³/mol. The molecular formula is C17H16Cl2N4O2. The Kier molecular flexibility index (Phi) is 4.58. The fourth-order valence-corrected chi connectivity index (χ4v) is 2.69. The Hall–Kier alpha value is -2.31. The molecule has 8 heteroatoms. The van der Waals surface area contributed by atoms with Crippen LogP contribution in [0, 0.1) is 0 Å². The van der Waals surface area contributed by atoms with Crippen LogP contribution in [0.15, 0.2) is 42.6 Å². The zero-order valence-corrected chi connectivity index (χ0v) is 15.4. The number of aromatic nitrogens is 3. The monoisotopic (exact) mass is 378 g/mol. The van der Waals surface area contributed by atoms with Crippen molar-refractivity contribution >= 4 is 46.4 Å². The number of fused-ring (bicyclic) bond motifs is 1. The quantitative estimate of drug-likeness (QED) is 0.581. The van der Waals surface area contributed by atoms with Gasteiger partial charge in [0.05, 0.1) is 16.9 Å². The van der Waals surface area contributed by atoms with E-state index in [9.17, 15) is 4.79 Å². The topological polar surface area (TPSA) is 59.7 Å². The van der Waals surface area contributed by atoms with Gasteiger partial charge in [-0.3, -0.25) is 0 Å². The fourth-order valence-electron chi connectivity index (χ4n) is 2.28. The number of benzene rings is 1. The first-order valence-electron chi connectivity index (χ1n) is 7.54. The molecular weight excluding hydrogens is 363 g/mol. The van der Waals surface area contributed by atoms with Crippen molar-refractivity contribution in [3.8, 4) is 0 Å². The SMILES string of the molecule is CC(C)(C)OC(=O)N(c1ccccc1Cl)c1cc(Cl)nc2ccnn12. The molecule has 0 atom stereocenters. The maximum Gasteiger partial charge on any atom is 0.420 e. The van der Waals surface area contributed by atoms with Gasteiger partial charge in [0.15, 0.2) is 5.65 Å². The lowest BCUT2D eigenvalue weighted by atomic mass is 10.2. The van der Waals surface area contributed by atoms with E-state index in [0.717, 1.165) is 0 Å². The molecule has 0 fully saturated rings. The van der Waals surface area contributed by atoms with Crippen molar-refractivity contribution in [1.82, 2.24) is 14.6 Å². The molecule has 0 saturated heterocycles. The number of para-hydroxylation sites is 1. The van der Waals surface area contributed by atoms with E-state index < -0.39 is 11.7 Å². The number of nitrogens with zero attached hydrogens (tertiary/aromatic N) is 4. The molecule has 2 heterocycles. The van der Waals surface area contributed by atoms with Crippen molar-refractivity contribution in [2.75, 3.05) is 4.90 Å². The van der Waals surface area contributed by atoms with Gasteiger partial charge in [0, 0.05) is 12.1 Å². The molecule has 1 aromatic carbocycles. The maximum atomic E-state index is 12.9. The summed E-state index contributed by atoms with van der Waals surface area (Å²) < 4.78 is 7.05. The van der Waals surface area contributed by atoms with Gasteiger partial charge in [-0.2, -0.15) is 9.61 Å². The van der Waals surface area contributed by atoms with Crippen LogP contribution in [0.1, 0.15) is 20.8 Å². The Morgan fingerprint density at radius 1 is 1.20 bits per heavy atom. The number of carbonyl (C=O) groups excluding carboxylic acids is 1. The molecule has 0 aliphatic rings. The number of halogens is 2. The number of ether oxygens (including phenoxy) is 1. The second kappa shape index (κ2) is 6.54.